The minimum atomic E-state index is -4.97. The lowest BCUT2D eigenvalue weighted by molar-refractivity contribution is -0.161. The molecule has 0 spiro atoms. The molecule has 0 aromatic carbocycles. The third-order valence-electron chi connectivity index (χ3n) is 18.8. The van der Waals surface area contributed by atoms with Crippen LogP contribution in [0.25, 0.3) is 0 Å². The minimum absolute atomic E-state index is 0.0852. The van der Waals surface area contributed by atoms with Crippen molar-refractivity contribution in [3.63, 3.8) is 0 Å². The van der Waals surface area contributed by atoms with Gasteiger partial charge < -0.3 is 33.8 Å². The monoisotopic (exact) mass is 1490 g/mol. The van der Waals surface area contributed by atoms with Crippen LogP contribution in [-0.2, 0) is 65.4 Å². The van der Waals surface area contributed by atoms with Gasteiger partial charge in [-0.05, 0) is 69.1 Å². The van der Waals surface area contributed by atoms with Crippen LogP contribution in [0, 0.1) is 17.8 Å². The summed E-state index contributed by atoms with van der Waals surface area (Å²) in [6.07, 6.45) is 64.9. The van der Waals surface area contributed by atoms with Gasteiger partial charge in [-0.15, -0.1) is 0 Å². The van der Waals surface area contributed by atoms with Crippen molar-refractivity contribution < 1.29 is 80.2 Å². The normalized spacial score (nSPS) is 14.1. The summed E-state index contributed by atoms with van der Waals surface area (Å²) in [4.78, 5) is 73.0. The van der Waals surface area contributed by atoms with Crippen molar-refractivity contribution in [3.05, 3.63) is 24.3 Å². The van der Waals surface area contributed by atoms with Crippen molar-refractivity contribution in [2.75, 3.05) is 39.6 Å². The van der Waals surface area contributed by atoms with E-state index in [9.17, 15) is 43.2 Å². The van der Waals surface area contributed by atoms with Crippen molar-refractivity contribution in [3.8, 4) is 0 Å². The van der Waals surface area contributed by atoms with E-state index in [4.69, 9.17) is 37.0 Å². The largest absolute Gasteiger partial charge is 0.472 e. The topological polar surface area (TPSA) is 237 Å². The van der Waals surface area contributed by atoms with Gasteiger partial charge in [0.25, 0.3) is 0 Å². The summed E-state index contributed by atoms with van der Waals surface area (Å²) in [5.74, 6) is 0.155. The van der Waals surface area contributed by atoms with Crippen LogP contribution in [0.3, 0.4) is 0 Å². The van der Waals surface area contributed by atoms with Crippen LogP contribution in [0.4, 0.5) is 0 Å². The first-order valence-corrected chi connectivity index (χ1v) is 45.2. The van der Waals surface area contributed by atoms with Gasteiger partial charge in [0.1, 0.15) is 19.3 Å². The van der Waals surface area contributed by atoms with E-state index in [1.165, 1.54) is 199 Å². The van der Waals surface area contributed by atoms with Crippen molar-refractivity contribution in [2.45, 2.75) is 426 Å². The second-order valence-corrected chi connectivity index (χ2v) is 33.5. The Balaban J connectivity index is 5.23. The molecular weight excluding hydrogens is 1330 g/mol. The molecule has 0 amide bonds. The first-order valence-electron chi connectivity index (χ1n) is 42.2. The molecule has 3 unspecified atom stereocenters. The Morgan fingerprint density at radius 2 is 0.529 bits per heavy atom. The number of carbonyl (C=O) groups is 4. The van der Waals surface area contributed by atoms with Gasteiger partial charge in [-0.25, -0.2) is 9.13 Å². The van der Waals surface area contributed by atoms with E-state index < -0.39 is 97.5 Å². The highest BCUT2D eigenvalue weighted by Gasteiger charge is 2.30. The fraction of sp³-hybridized carbons (Fsp3) is 0.904. The Hall–Kier alpha value is -2.46. The molecule has 0 aromatic heterocycles. The molecular formula is C83H158O17P2. The van der Waals surface area contributed by atoms with Gasteiger partial charge in [-0.2, -0.15) is 0 Å². The van der Waals surface area contributed by atoms with Crippen LogP contribution in [0.15, 0.2) is 24.3 Å². The number of esters is 4. The molecule has 17 nitrogen and oxygen atoms in total. The molecule has 0 heterocycles. The number of ether oxygens (including phenoxy) is 4. The lowest BCUT2D eigenvalue weighted by Crippen LogP contribution is -2.30. The number of unbranched alkanes of at least 4 members (excludes halogenated alkanes) is 44. The van der Waals surface area contributed by atoms with Crippen molar-refractivity contribution in [1.29, 1.82) is 0 Å². The molecule has 102 heavy (non-hydrogen) atoms. The zero-order valence-corrected chi connectivity index (χ0v) is 68.4. The summed E-state index contributed by atoms with van der Waals surface area (Å²) in [5.41, 5.74) is 0. The highest BCUT2D eigenvalue weighted by molar-refractivity contribution is 7.47. The van der Waals surface area contributed by atoms with Crippen molar-refractivity contribution >= 4 is 39.5 Å². The van der Waals surface area contributed by atoms with E-state index in [0.29, 0.717) is 31.6 Å². The average molecular weight is 1490 g/mol. The molecule has 0 rings (SSSR count). The highest BCUT2D eigenvalue weighted by atomic mass is 31.2. The molecule has 0 aromatic rings. The maximum Gasteiger partial charge on any atom is 0.472 e. The Labute approximate surface area is 624 Å². The SMILES string of the molecule is CCCCCC/C=C\C=C/CCCCCCCC(=O)O[C@H](COC(=O)CCCCCCCCCCCCCCCCCCC(C)C)COP(=O)(O)OCC(O)COP(=O)(O)OC[C@@H](COC(=O)CCCCCCCCC(C)C)OC(=O)CCCCCCCCCCCCCCCCCCC(C)C. The quantitative estimate of drug-likeness (QED) is 0.0169. The molecule has 0 fully saturated rings. The van der Waals surface area contributed by atoms with Gasteiger partial charge in [0.15, 0.2) is 12.2 Å². The molecule has 0 saturated carbocycles. The second kappa shape index (κ2) is 72.7. The molecule has 0 bridgehead atoms. The maximum absolute atomic E-state index is 13.1. The summed E-state index contributed by atoms with van der Waals surface area (Å²) in [6, 6.07) is 0. The Morgan fingerprint density at radius 3 is 0.794 bits per heavy atom. The van der Waals surface area contributed by atoms with E-state index in [2.05, 4.69) is 72.8 Å². The van der Waals surface area contributed by atoms with Crippen LogP contribution < -0.4 is 0 Å². The second-order valence-electron chi connectivity index (χ2n) is 30.6. The van der Waals surface area contributed by atoms with E-state index in [-0.39, 0.29) is 25.7 Å². The molecule has 19 heteroatoms. The standard InChI is InChI=1S/C83H158O17P2/c1-8-9-10-11-12-13-14-15-20-28-33-38-43-52-59-66-82(87)99-78(70-93-80(85)64-57-50-42-37-32-27-23-18-16-21-25-30-35-40-47-54-61-74(2)3)72-97-101(89,90)95-68-77(84)69-96-102(91,92)98-73-79(71-94-81(86)65-58-51-46-45-49-56-63-76(6)7)100-83(88)67-60-53-44-39-34-29-24-19-17-22-26-31-36-41-48-55-62-75(4)5/h13-15,20,74-79,84H,8-12,16-19,21-73H2,1-7H3,(H,89,90)(H,91,92)/b14-13-,20-15-/t77?,78-,79-/m1/s1. The predicted octanol–water partition coefficient (Wildman–Crippen LogP) is 24.5. The molecule has 0 radical (unpaired) electrons. The summed E-state index contributed by atoms with van der Waals surface area (Å²) < 4.78 is 68.7. The molecule has 3 N–H and O–H groups in total. The number of carbonyl (C=O) groups excluding carboxylic acids is 4. The van der Waals surface area contributed by atoms with Gasteiger partial charge in [0.2, 0.25) is 0 Å². The Bertz CT molecular complexity index is 2070. The van der Waals surface area contributed by atoms with Crippen molar-refractivity contribution in [2.24, 2.45) is 17.8 Å². The smallest absolute Gasteiger partial charge is 0.462 e. The molecule has 602 valence electrons. The number of hydrogen-bond acceptors (Lipinski definition) is 15. The van der Waals surface area contributed by atoms with Gasteiger partial charge >= 0.3 is 39.5 Å². The van der Waals surface area contributed by atoms with E-state index >= 15 is 0 Å². The number of aliphatic hydroxyl groups excluding tert-OH is 1. The fourth-order valence-corrected chi connectivity index (χ4v) is 13.9. The van der Waals surface area contributed by atoms with Gasteiger partial charge in [-0.3, -0.25) is 37.3 Å². The minimum Gasteiger partial charge on any atom is -0.462 e. The summed E-state index contributed by atoms with van der Waals surface area (Å²) in [6.45, 7) is 11.9. The third-order valence-corrected chi connectivity index (χ3v) is 20.7. The van der Waals surface area contributed by atoms with Crippen LogP contribution >= 0.6 is 15.6 Å². The van der Waals surface area contributed by atoms with Crippen LogP contribution in [0.5, 0.6) is 0 Å². The number of aliphatic hydroxyl groups is 1. The number of allylic oxidation sites excluding steroid dienone is 4. The van der Waals surface area contributed by atoms with Crippen LogP contribution in [0.2, 0.25) is 0 Å². The molecule has 0 aliphatic rings. The number of phosphoric ester groups is 2. The molecule has 5 atom stereocenters. The van der Waals surface area contributed by atoms with Gasteiger partial charge in [0, 0.05) is 25.7 Å². The van der Waals surface area contributed by atoms with Gasteiger partial charge in [-0.1, -0.05) is 355 Å². The highest BCUT2D eigenvalue weighted by Crippen LogP contribution is 2.45. The number of phosphoric acid groups is 2. The molecule has 0 aliphatic carbocycles. The summed E-state index contributed by atoms with van der Waals surface area (Å²) in [5, 5.41) is 10.6. The summed E-state index contributed by atoms with van der Waals surface area (Å²) >= 11 is 0. The first-order chi connectivity index (χ1) is 49.2. The third kappa shape index (κ3) is 75.8. The van der Waals surface area contributed by atoms with Crippen molar-refractivity contribution in [1.82, 2.24) is 0 Å². The van der Waals surface area contributed by atoms with E-state index in [0.717, 1.165) is 121 Å². The lowest BCUT2D eigenvalue weighted by Gasteiger charge is -2.21. The zero-order chi connectivity index (χ0) is 75.1. The van der Waals surface area contributed by atoms with Crippen LogP contribution in [0.1, 0.15) is 408 Å². The molecule has 0 saturated heterocycles. The average Bonchev–Trinajstić information content (AvgIpc) is 0.909. The number of hydrogen-bond donors (Lipinski definition) is 3. The zero-order valence-electron chi connectivity index (χ0n) is 66.6. The van der Waals surface area contributed by atoms with Crippen LogP contribution in [-0.4, -0.2) is 96.7 Å². The number of rotatable bonds is 79. The van der Waals surface area contributed by atoms with E-state index in [1.807, 2.05) is 0 Å². The fourth-order valence-electron chi connectivity index (χ4n) is 12.3. The lowest BCUT2D eigenvalue weighted by atomic mass is 10.0. The Morgan fingerprint density at radius 1 is 0.304 bits per heavy atom. The maximum atomic E-state index is 13.1. The van der Waals surface area contributed by atoms with E-state index in [1.54, 1.807) is 0 Å². The predicted molar refractivity (Wildman–Crippen MR) is 418 cm³/mol. The van der Waals surface area contributed by atoms with Gasteiger partial charge in [0.05, 0.1) is 26.4 Å². The molecule has 0 aliphatic heterocycles. The first kappa shape index (κ1) is 99.5. The summed E-state index contributed by atoms with van der Waals surface area (Å²) in [7, 11) is -9.94. The Kier molecular flexibility index (Phi) is 71.0.